The minimum atomic E-state index is -0.359. The molecule has 4 nitrogen and oxygen atoms in total. The molecule has 0 spiro atoms. The highest BCUT2D eigenvalue weighted by Gasteiger charge is 2.15. The average Bonchev–Trinajstić information content (AvgIpc) is 2.58. The fourth-order valence-corrected chi connectivity index (χ4v) is 2.62. The molecule has 1 aromatic carbocycles. The smallest absolute Gasteiger partial charge is 0.146 e. The van der Waals surface area contributed by atoms with Crippen molar-refractivity contribution in [2.45, 2.75) is 40.3 Å². The molecule has 1 aromatic heterocycles. The predicted octanol–water partition coefficient (Wildman–Crippen LogP) is 3.70. The Bertz CT molecular complexity index is 704. The Kier molecular flexibility index (Phi) is 6.91. The maximum absolute atomic E-state index is 14.2. The molecule has 0 aliphatic carbocycles. The standard InChI is InChI=1S/C20H27FN2O2/c1-5-25-20-9-6-14(4)10-15(20)17-8-7-16(21)18(23-17)11-22-19(12-24)13(2)3/h6-10,13,19,22,24H,5,11-12H2,1-4H3/t19-/m0/s1. The van der Waals surface area contributed by atoms with Crippen molar-refractivity contribution in [3.05, 3.63) is 47.4 Å². The summed E-state index contributed by atoms with van der Waals surface area (Å²) < 4.78 is 19.9. The number of hydrogen-bond donors (Lipinski definition) is 2. The summed E-state index contributed by atoms with van der Waals surface area (Å²) in [5.74, 6) is 0.626. The SMILES string of the molecule is CCOc1ccc(C)cc1-c1ccc(F)c(CN[C@@H](CO)C(C)C)n1. The van der Waals surface area contributed by atoms with Gasteiger partial charge in [-0.2, -0.15) is 0 Å². The van der Waals surface area contributed by atoms with Crippen molar-refractivity contribution < 1.29 is 14.2 Å². The van der Waals surface area contributed by atoms with E-state index in [-0.39, 0.29) is 30.9 Å². The Hall–Kier alpha value is -1.98. The predicted molar refractivity (Wildman–Crippen MR) is 98.1 cm³/mol. The van der Waals surface area contributed by atoms with Crippen LogP contribution in [0.5, 0.6) is 5.75 Å². The molecule has 0 fully saturated rings. The zero-order chi connectivity index (χ0) is 18.4. The summed E-state index contributed by atoms with van der Waals surface area (Å²) in [6.07, 6.45) is 0. The molecule has 2 aromatic rings. The molecule has 5 heteroatoms. The lowest BCUT2D eigenvalue weighted by Gasteiger charge is -2.20. The van der Waals surface area contributed by atoms with E-state index in [1.807, 2.05) is 45.9 Å². The van der Waals surface area contributed by atoms with Gasteiger partial charge in [-0.15, -0.1) is 0 Å². The number of ether oxygens (including phenoxy) is 1. The average molecular weight is 346 g/mol. The number of rotatable bonds is 8. The summed E-state index contributed by atoms with van der Waals surface area (Å²) >= 11 is 0. The molecular formula is C20H27FN2O2. The zero-order valence-corrected chi connectivity index (χ0v) is 15.3. The molecule has 136 valence electrons. The number of aliphatic hydroxyl groups excluding tert-OH is 1. The van der Waals surface area contributed by atoms with Gasteiger partial charge in [-0.1, -0.05) is 25.5 Å². The first kappa shape index (κ1) is 19.3. The first-order chi connectivity index (χ1) is 12.0. The molecular weight excluding hydrogens is 319 g/mol. The highest BCUT2D eigenvalue weighted by atomic mass is 19.1. The van der Waals surface area contributed by atoms with Crippen LogP contribution in [0.4, 0.5) is 4.39 Å². The molecule has 0 unspecified atom stereocenters. The van der Waals surface area contributed by atoms with Gasteiger partial charge in [0, 0.05) is 18.2 Å². The fourth-order valence-electron chi connectivity index (χ4n) is 2.62. The van der Waals surface area contributed by atoms with E-state index in [2.05, 4.69) is 10.3 Å². The summed E-state index contributed by atoms with van der Waals surface area (Å²) in [5, 5.41) is 12.6. The van der Waals surface area contributed by atoms with Crippen molar-refractivity contribution in [3.8, 4) is 17.0 Å². The normalized spacial score (nSPS) is 12.4. The Balaban J connectivity index is 2.31. The zero-order valence-electron chi connectivity index (χ0n) is 15.3. The van der Waals surface area contributed by atoms with Crippen LogP contribution in [0.2, 0.25) is 0 Å². The second kappa shape index (κ2) is 8.92. The van der Waals surface area contributed by atoms with Crippen LogP contribution in [0.15, 0.2) is 30.3 Å². The number of pyridine rings is 1. The third-order valence-corrected chi connectivity index (χ3v) is 4.16. The van der Waals surface area contributed by atoms with Gasteiger partial charge in [0.1, 0.15) is 11.6 Å². The molecule has 1 heterocycles. The van der Waals surface area contributed by atoms with Gasteiger partial charge >= 0.3 is 0 Å². The summed E-state index contributed by atoms with van der Waals surface area (Å²) in [6.45, 7) is 8.77. The minimum Gasteiger partial charge on any atom is -0.493 e. The Labute approximate surface area is 149 Å². The van der Waals surface area contributed by atoms with E-state index in [0.29, 0.717) is 18.0 Å². The molecule has 0 saturated heterocycles. The van der Waals surface area contributed by atoms with Gasteiger partial charge in [0.2, 0.25) is 0 Å². The van der Waals surface area contributed by atoms with E-state index in [9.17, 15) is 9.50 Å². The summed E-state index contributed by atoms with van der Waals surface area (Å²) in [6, 6.07) is 8.89. The number of hydrogen-bond acceptors (Lipinski definition) is 4. The van der Waals surface area contributed by atoms with E-state index in [1.165, 1.54) is 6.07 Å². The largest absolute Gasteiger partial charge is 0.493 e. The molecule has 0 aliphatic rings. The minimum absolute atomic E-state index is 0.00530. The van der Waals surface area contributed by atoms with E-state index in [0.717, 1.165) is 16.9 Å². The molecule has 0 amide bonds. The molecule has 0 saturated carbocycles. The van der Waals surface area contributed by atoms with Crippen molar-refractivity contribution in [2.24, 2.45) is 5.92 Å². The van der Waals surface area contributed by atoms with Gasteiger partial charge in [-0.3, -0.25) is 0 Å². The van der Waals surface area contributed by atoms with Crippen molar-refractivity contribution in [2.75, 3.05) is 13.2 Å². The van der Waals surface area contributed by atoms with Crippen LogP contribution in [0.1, 0.15) is 32.0 Å². The molecule has 1 atom stereocenters. The highest BCUT2D eigenvalue weighted by Crippen LogP contribution is 2.30. The highest BCUT2D eigenvalue weighted by molar-refractivity contribution is 5.68. The van der Waals surface area contributed by atoms with Gasteiger partial charge < -0.3 is 15.2 Å². The van der Waals surface area contributed by atoms with Crippen LogP contribution in [-0.4, -0.2) is 29.3 Å². The topological polar surface area (TPSA) is 54.4 Å². The second-order valence-corrected chi connectivity index (χ2v) is 6.47. The summed E-state index contributed by atoms with van der Waals surface area (Å²) in [7, 11) is 0. The van der Waals surface area contributed by atoms with Crippen LogP contribution in [0, 0.1) is 18.7 Å². The van der Waals surface area contributed by atoms with E-state index < -0.39 is 0 Å². The Morgan fingerprint density at radius 1 is 1.24 bits per heavy atom. The van der Waals surface area contributed by atoms with Crippen LogP contribution < -0.4 is 10.1 Å². The molecule has 25 heavy (non-hydrogen) atoms. The quantitative estimate of drug-likeness (QED) is 0.765. The van der Waals surface area contributed by atoms with Gasteiger partial charge in [0.05, 0.1) is 24.6 Å². The van der Waals surface area contributed by atoms with E-state index in [4.69, 9.17) is 4.74 Å². The van der Waals surface area contributed by atoms with E-state index >= 15 is 0 Å². The number of benzene rings is 1. The van der Waals surface area contributed by atoms with Crippen molar-refractivity contribution in [1.82, 2.24) is 10.3 Å². The van der Waals surface area contributed by atoms with Crippen LogP contribution in [0.25, 0.3) is 11.3 Å². The van der Waals surface area contributed by atoms with Crippen molar-refractivity contribution >= 4 is 0 Å². The lowest BCUT2D eigenvalue weighted by atomic mass is 10.0. The summed E-state index contributed by atoms with van der Waals surface area (Å²) in [5.41, 5.74) is 2.95. The first-order valence-electron chi connectivity index (χ1n) is 8.69. The Morgan fingerprint density at radius 3 is 2.64 bits per heavy atom. The second-order valence-electron chi connectivity index (χ2n) is 6.47. The third kappa shape index (κ3) is 5.00. The lowest BCUT2D eigenvalue weighted by Crippen LogP contribution is -2.36. The number of nitrogens with one attached hydrogen (secondary N) is 1. The van der Waals surface area contributed by atoms with Crippen molar-refractivity contribution in [3.63, 3.8) is 0 Å². The molecule has 2 rings (SSSR count). The number of nitrogens with zero attached hydrogens (tertiary/aromatic N) is 1. The summed E-state index contributed by atoms with van der Waals surface area (Å²) in [4.78, 5) is 4.49. The number of halogens is 1. The lowest BCUT2D eigenvalue weighted by molar-refractivity contribution is 0.209. The van der Waals surface area contributed by atoms with E-state index in [1.54, 1.807) is 6.07 Å². The maximum atomic E-state index is 14.2. The third-order valence-electron chi connectivity index (χ3n) is 4.16. The van der Waals surface area contributed by atoms with Gasteiger partial charge in [0.15, 0.2) is 0 Å². The van der Waals surface area contributed by atoms with Crippen molar-refractivity contribution in [1.29, 1.82) is 0 Å². The van der Waals surface area contributed by atoms with Gasteiger partial charge in [-0.25, -0.2) is 9.37 Å². The van der Waals surface area contributed by atoms with Gasteiger partial charge in [0.25, 0.3) is 0 Å². The number of aryl methyl sites for hydroxylation is 1. The number of aliphatic hydroxyl groups is 1. The first-order valence-corrected chi connectivity index (χ1v) is 8.69. The molecule has 0 bridgehead atoms. The van der Waals surface area contributed by atoms with Crippen LogP contribution in [-0.2, 0) is 6.54 Å². The molecule has 0 radical (unpaired) electrons. The number of aromatic nitrogens is 1. The molecule has 2 N–H and O–H groups in total. The van der Waals surface area contributed by atoms with Crippen LogP contribution in [0.3, 0.4) is 0 Å². The van der Waals surface area contributed by atoms with Gasteiger partial charge in [-0.05, 0) is 44.0 Å². The van der Waals surface area contributed by atoms with Crippen LogP contribution >= 0.6 is 0 Å². The Morgan fingerprint density at radius 2 is 2.00 bits per heavy atom. The maximum Gasteiger partial charge on any atom is 0.146 e. The monoisotopic (exact) mass is 346 g/mol. The molecule has 0 aliphatic heterocycles. The fraction of sp³-hybridized carbons (Fsp3) is 0.450.